The molecule has 19 heavy (non-hydrogen) atoms. The second kappa shape index (κ2) is 4.15. The maximum atomic E-state index is 6.23. The molecule has 98 valence electrons. The van der Waals surface area contributed by atoms with E-state index in [1.807, 2.05) is 14.0 Å². The number of nitrogens with two attached hydrogens (primary N) is 1. The number of benzene rings is 1. The van der Waals surface area contributed by atoms with Crippen LogP contribution in [0.5, 0.6) is 0 Å². The molecule has 0 aliphatic rings. The van der Waals surface area contributed by atoms with Crippen LogP contribution in [0.15, 0.2) is 18.2 Å². The minimum Gasteiger partial charge on any atom is -0.369 e. The van der Waals surface area contributed by atoms with E-state index < -0.39 is 0 Å². The van der Waals surface area contributed by atoms with Crippen LogP contribution in [0.2, 0.25) is 10.0 Å². The number of hydrogen-bond acceptors (Lipinski definition) is 3. The molecule has 0 aliphatic heterocycles. The molecule has 5 nitrogen and oxygen atoms in total. The van der Waals surface area contributed by atoms with Gasteiger partial charge in [-0.05, 0) is 25.1 Å². The highest BCUT2D eigenvalue weighted by Crippen LogP contribution is 2.30. The van der Waals surface area contributed by atoms with Crippen LogP contribution in [0.4, 0.5) is 5.95 Å². The predicted octanol–water partition coefficient (Wildman–Crippen LogP) is 2.96. The Hall–Kier alpha value is -1.72. The Bertz CT molecular complexity index is 787. The number of rotatable bonds is 1. The SMILES string of the molecule is Cc1nn(C)c2c1nc(N)n2-c1cc(Cl)ccc1Cl. The van der Waals surface area contributed by atoms with E-state index in [1.54, 1.807) is 27.4 Å². The highest BCUT2D eigenvalue weighted by molar-refractivity contribution is 6.34. The van der Waals surface area contributed by atoms with Gasteiger partial charge in [0.2, 0.25) is 5.95 Å². The van der Waals surface area contributed by atoms with Gasteiger partial charge in [-0.25, -0.2) is 9.67 Å². The molecule has 1 aromatic carbocycles. The summed E-state index contributed by atoms with van der Waals surface area (Å²) in [4.78, 5) is 4.34. The first kappa shape index (κ1) is 12.3. The van der Waals surface area contributed by atoms with Crippen LogP contribution in [-0.4, -0.2) is 19.3 Å². The lowest BCUT2D eigenvalue weighted by atomic mass is 10.3. The molecule has 2 N–H and O–H groups in total. The summed E-state index contributed by atoms with van der Waals surface area (Å²) in [5.41, 5.74) is 9.06. The minimum atomic E-state index is 0.357. The zero-order valence-electron chi connectivity index (χ0n) is 10.4. The number of imidazole rings is 1. The molecule has 2 heterocycles. The summed E-state index contributed by atoms with van der Waals surface area (Å²) in [6.07, 6.45) is 0. The number of nitrogen functional groups attached to an aromatic ring is 1. The van der Waals surface area contributed by atoms with Crippen molar-refractivity contribution in [3.05, 3.63) is 33.9 Å². The number of aryl methyl sites for hydroxylation is 2. The minimum absolute atomic E-state index is 0.357. The number of fused-ring (bicyclic) bond motifs is 1. The van der Waals surface area contributed by atoms with Crippen LogP contribution in [0.25, 0.3) is 16.9 Å². The monoisotopic (exact) mass is 295 g/mol. The fraction of sp³-hybridized carbons (Fsp3) is 0.167. The fourth-order valence-corrected chi connectivity index (χ4v) is 2.55. The van der Waals surface area contributed by atoms with Gasteiger partial charge in [-0.2, -0.15) is 5.10 Å². The second-order valence-electron chi connectivity index (χ2n) is 4.28. The van der Waals surface area contributed by atoms with Crippen LogP contribution < -0.4 is 5.73 Å². The summed E-state index contributed by atoms with van der Waals surface area (Å²) in [7, 11) is 1.84. The molecule has 0 spiro atoms. The summed E-state index contributed by atoms with van der Waals surface area (Å²) < 4.78 is 3.48. The van der Waals surface area contributed by atoms with Gasteiger partial charge in [0.1, 0.15) is 5.52 Å². The lowest BCUT2D eigenvalue weighted by molar-refractivity contribution is 0.762. The van der Waals surface area contributed by atoms with Gasteiger partial charge >= 0.3 is 0 Å². The Kier molecular flexibility index (Phi) is 2.69. The van der Waals surface area contributed by atoms with E-state index in [-0.39, 0.29) is 0 Å². The topological polar surface area (TPSA) is 61.7 Å². The van der Waals surface area contributed by atoms with Crippen molar-refractivity contribution in [1.29, 1.82) is 0 Å². The van der Waals surface area contributed by atoms with Crippen molar-refractivity contribution in [2.45, 2.75) is 6.92 Å². The van der Waals surface area contributed by atoms with Gasteiger partial charge in [0.25, 0.3) is 0 Å². The first-order valence-electron chi connectivity index (χ1n) is 5.62. The van der Waals surface area contributed by atoms with Gasteiger partial charge in [-0.1, -0.05) is 23.2 Å². The maximum absolute atomic E-state index is 6.23. The molecule has 0 saturated carbocycles. The van der Waals surface area contributed by atoms with Gasteiger partial charge in [0.05, 0.1) is 16.4 Å². The van der Waals surface area contributed by atoms with Gasteiger partial charge < -0.3 is 5.73 Å². The largest absolute Gasteiger partial charge is 0.369 e. The van der Waals surface area contributed by atoms with Crippen molar-refractivity contribution in [1.82, 2.24) is 19.3 Å². The molecule has 3 aromatic rings. The predicted molar refractivity (Wildman–Crippen MR) is 77.0 cm³/mol. The number of halogens is 2. The zero-order chi connectivity index (χ0) is 13.7. The smallest absolute Gasteiger partial charge is 0.207 e. The van der Waals surface area contributed by atoms with E-state index in [0.29, 0.717) is 21.7 Å². The normalized spacial score (nSPS) is 11.4. The first-order valence-corrected chi connectivity index (χ1v) is 6.37. The summed E-state index contributed by atoms with van der Waals surface area (Å²) in [5.74, 6) is 0.357. The standard InChI is InChI=1S/C12H11Cl2N5/c1-6-10-11(18(2)17-6)19(12(15)16-10)9-5-7(13)3-4-8(9)14/h3-5H,1-2H3,(H2,15,16). The van der Waals surface area contributed by atoms with Crippen molar-refractivity contribution < 1.29 is 0 Å². The number of aromatic nitrogens is 4. The Morgan fingerprint density at radius 2 is 2.00 bits per heavy atom. The van der Waals surface area contributed by atoms with E-state index in [2.05, 4.69) is 10.1 Å². The lowest BCUT2D eigenvalue weighted by Crippen LogP contribution is -2.05. The van der Waals surface area contributed by atoms with E-state index >= 15 is 0 Å². The van der Waals surface area contributed by atoms with Crippen molar-refractivity contribution in [3.63, 3.8) is 0 Å². The molecule has 0 saturated heterocycles. The first-order chi connectivity index (χ1) is 8.99. The van der Waals surface area contributed by atoms with E-state index in [0.717, 1.165) is 16.9 Å². The van der Waals surface area contributed by atoms with E-state index in [4.69, 9.17) is 28.9 Å². The third-order valence-electron chi connectivity index (χ3n) is 2.98. The van der Waals surface area contributed by atoms with Crippen molar-refractivity contribution >= 4 is 40.3 Å². The summed E-state index contributed by atoms with van der Waals surface area (Å²) in [5, 5.41) is 5.46. The van der Waals surface area contributed by atoms with Gasteiger partial charge in [0.15, 0.2) is 5.65 Å². The van der Waals surface area contributed by atoms with Gasteiger partial charge in [-0.15, -0.1) is 0 Å². The fourth-order valence-electron chi connectivity index (χ4n) is 2.18. The Labute approximate surface area is 119 Å². The average molecular weight is 296 g/mol. The zero-order valence-corrected chi connectivity index (χ0v) is 11.9. The average Bonchev–Trinajstić information content (AvgIpc) is 2.81. The third kappa shape index (κ3) is 1.77. The van der Waals surface area contributed by atoms with Crippen molar-refractivity contribution in [2.24, 2.45) is 7.05 Å². The van der Waals surface area contributed by atoms with Crippen LogP contribution in [0, 0.1) is 6.92 Å². The molecule has 0 atom stereocenters. The molecule has 2 aromatic heterocycles. The van der Waals surface area contributed by atoms with Crippen LogP contribution in [-0.2, 0) is 7.05 Å². The Balaban J connectivity index is 2.42. The van der Waals surface area contributed by atoms with Gasteiger partial charge in [0, 0.05) is 12.1 Å². The third-order valence-corrected chi connectivity index (χ3v) is 3.53. The van der Waals surface area contributed by atoms with E-state index in [1.165, 1.54) is 0 Å². The lowest BCUT2D eigenvalue weighted by Gasteiger charge is -2.09. The quantitative estimate of drug-likeness (QED) is 0.751. The molecule has 0 radical (unpaired) electrons. The number of hydrogen-bond donors (Lipinski definition) is 1. The van der Waals surface area contributed by atoms with Crippen molar-refractivity contribution in [2.75, 3.05) is 5.73 Å². The van der Waals surface area contributed by atoms with Crippen LogP contribution in [0.1, 0.15) is 5.69 Å². The molecule has 0 bridgehead atoms. The maximum Gasteiger partial charge on any atom is 0.207 e. The van der Waals surface area contributed by atoms with Crippen molar-refractivity contribution in [3.8, 4) is 5.69 Å². The number of nitrogens with zero attached hydrogens (tertiary/aromatic N) is 4. The second-order valence-corrected chi connectivity index (χ2v) is 5.13. The summed E-state index contributed by atoms with van der Waals surface area (Å²) in [6.45, 7) is 1.89. The highest BCUT2D eigenvalue weighted by Gasteiger charge is 2.18. The summed E-state index contributed by atoms with van der Waals surface area (Å²) >= 11 is 12.3. The molecule has 0 unspecified atom stereocenters. The molecular weight excluding hydrogens is 285 g/mol. The molecule has 0 fully saturated rings. The summed E-state index contributed by atoms with van der Waals surface area (Å²) in [6, 6.07) is 5.21. The number of anilines is 1. The molecule has 0 amide bonds. The van der Waals surface area contributed by atoms with E-state index in [9.17, 15) is 0 Å². The molecular formula is C12H11Cl2N5. The molecule has 7 heteroatoms. The van der Waals surface area contributed by atoms with Crippen LogP contribution >= 0.6 is 23.2 Å². The van der Waals surface area contributed by atoms with Crippen LogP contribution in [0.3, 0.4) is 0 Å². The Morgan fingerprint density at radius 1 is 1.26 bits per heavy atom. The Morgan fingerprint density at radius 3 is 2.74 bits per heavy atom. The molecule has 3 rings (SSSR count). The molecule has 0 aliphatic carbocycles. The van der Waals surface area contributed by atoms with Gasteiger partial charge in [-0.3, -0.25) is 4.57 Å². The highest BCUT2D eigenvalue weighted by atomic mass is 35.5.